The van der Waals surface area contributed by atoms with E-state index in [0.29, 0.717) is 17.3 Å². The number of aryl methyl sites for hydroxylation is 1. The molecule has 33 heavy (non-hydrogen) atoms. The molecule has 3 aromatic rings. The molecule has 0 saturated carbocycles. The number of piperidine rings is 1. The second kappa shape index (κ2) is 10.4. The Kier molecular flexibility index (Phi) is 7.29. The summed E-state index contributed by atoms with van der Waals surface area (Å²) in [4.78, 5) is 11.3. The van der Waals surface area contributed by atoms with Crippen LogP contribution in [0, 0.1) is 18.8 Å². The molecule has 0 atom stereocenters. The lowest BCUT2D eigenvalue weighted by Crippen LogP contribution is -2.43. The van der Waals surface area contributed by atoms with E-state index in [1.54, 1.807) is 12.4 Å². The van der Waals surface area contributed by atoms with Crippen LogP contribution in [0.2, 0.25) is 5.02 Å². The molecule has 4 rings (SSSR count). The molecule has 1 aromatic heterocycles. The highest BCUT2D eigenvalue weighted by molar-refractivity contribution is 6.30. The van der Waals surface area contributed by atoms with Crippen molar-refractivity contribution in [3.63, 3.8) is 0 Å². The molecule has 0 radical (unpaired) electrons. The first-order chi connectivity index (χ1) is 15.9. The Morgan fingerprint density at radius 1 is 1.06 bits per heavy atom. The Labute approximate surface area is 200 Å². The molecule has 1 saturated heterocycles. The van der Waals surface area contributed by atoms with Crippen molar-refractivity contribution in [3.8, 4) is 28.8 Å². The number of benzene rings is 2. The second-order valence-electron chi connectivity index (χ2n) is 8.71. The van der Waals surface area contributed by atoms with Gasteiger partial charge in [0.1, 0.15) is 18.1 Å². The van der Waals surface area contributed by atoms with Crippen molar-refractivity contribution in [1.29, 1.82) is 0 Å². The fraction of sp³-hybridized carbons (Fsp3) is 0.333. The fourth-order valence-corrected chi connectivity index (χ4v) is 3.99. The topological polar surface area (TPSA) is 58.5 Å². The Morgan fingerprint density at radius 2 is 1.82 bits per heavy atom. The maximum Gasteiger partial charge on any atom is 0.131 e. The average molecular weight is 462 g/mol. The van der Waals surface area contributed by atoms with Crippen LogP contribution in [0.3, 0.4) is 0 Å². The minimum atomic E-state index is -0.516. The summed E-state index contributed by atoms with van der Waals surface area (Å²) in [5.41, 5.74) is 3.85. The molecule has 1 N–H and O–H groups in total. The van der Waals surface area contributed by atoms with Crippen LogP contribution < -0.4 is 4.74 Å². The summed E-state index contributed by atoms with van der Waals surface area (Å²) in [5, 5.41) is 10.7. The van der Waals surface area contributed by atoms with Crippen LogP contribution in [0.4, 0.5) is 0 Å². The minimum absolute atomic E-state index is 0.516. The van der Waals surface area contributed by atoms with Crippen molar-refractivity contribution in [2.75, 3.05) is 26.2 Å². The Balaban J connectivity index is 1.29. The van der Waals surface area contributed by atoms with Crippen LogP contribution in [-0.2, 0) is 0 Å². The van der Waals surface area contributed by atoms with Gasteiger partial charge in [0.25, 0.3) is 0 Å². The third kappa shape index (κ3) is 6.55. The molecule has 170 valence electrons. The highest BCUT2D eigenvalue weighted by atomic mass is 35.5. The van der Waals surface area contributed by atoms with Gasteiger partial charge in [0.15, 0.2) is 0 Å². The molecule has 1 aliphatic heterocycles. The fourth-order valence-electron chi connectivity index (χ4n) is 3.77. The first-order valence-electron chi connectivity index (χ1n) is 11.2. The van der Waals surface area contributed by atoms with E-state index in [0.717, 1.165) is 60.6 Å². The highest BCUT2D eigenvalue weighted by Gasteiger charge is 2.26. The zero-order chi connectivity index (χ0) is 23.3. The van der Waals surface area contributed by atoms with Crippen molar-refractivity contribution < 1.29 is 9.84 Å². The summed E-state index contributed by atoms with van der Waals surface area (Å²) in [7, 11) is 0. The van der Waals surface area contributed by atoms with Crippen molar-refractivity contribution in [3.05, 3.63) is 76.7 Å². The largest absolute Gasteiger partial charge is 0.492 e. The van der Waals surface area contributed by atoms with Gasteiger partial charge < -0.3 is 9.84 Å². The van der Waals surface area contributed by atoms with Gasteiger partial charge >= 0.3 is 0 Å². The maximum absolute atomic E-state index is 10.0. The van der Waals surface area contributed by atoms with Gasteiger partial charge in [-0.15, -0.1) is 0 Å². The molecule has 0 bridgehead atoms. The Morgan fingerprint density at radius 3 is 2.48 bits per heavy atom. The van der Waals surface area contributed by atoms with E-state index in [1.807, 2.05) is 56.3 Å². The van der Waals surface area contributed by atoms with E-state index in [2.05, 4.69) is 26.7 Å². The molecule has 0 aliphatic carbocycles. The van der Waals surface area contributed by atoms with Crippen LogP contribution in [0.25, 0.3) is 11.3 Å². The lowest BCUT2D eigenvalue weighted by atomic mass is 9.94. The molecule has 0 unspecified atom stereocenters. The zero-order valence-electron chi connectivity index (χ0n) is 19.0. The predicted octanol–water partition coefficient (Wildman–Crippen LogP) is 4.73. The van der Waals surface area contributed by atoms with Gasteiger partial charge in [0.05, 0.1) is 23.7 Å². The van der Waals surface area contributed by atoms with E-state index < -0.39 is 5.60 Å². The van der Waals surface area contributed by atoms with Crippen molar-refractivity contribution in [2.45, 2.75) is 32.3 Å². The predicted molar refractivity (Wildman–Crippen MR) is 131 cm³/mol. The summed E-state index contributed by atoms with van der Waals surface area (Å²) in [6.45, 7) is 7.23. The quantitative estimate of drug-likeness (QED) is 0.556. The average Bonchev–Trinajstić information content (AvgIpc) is 2.80. The van der Waals surface area contributed by atoms with Crippen molar-refractivity contribution >= 4 is 11.6 Å². The Bertz CT molecular complexity index is 1140. The minimum Gasteiger partial charge on any atom is -0.492 e. The second-order valence-corrected chi connectivity index (χ2v) is 9.14. The summed E-state index contributed by atoms with van der Waals surface area (Å²) < 4.78 is 5.87. The van der Waals surface area contributed by atoms with Gasteiger partial charge in [-0.25, -0.2) is 4.98 Å². The number of ether oxygens (including phenoxy) is 1. The molecule has 0 amide bonds. The van der Waals surface area contributed by atoms with Crippen molar-refractivity contribution in [2.24, 2.45) is 0 Å². The molecule has 6 heteroatoms. The number of nitrogens with zero attached hydrogens (tertiary/aromatic N) is 3. The van der Waals surface area contributed by atoms with E-state index >= 15 is 0 Å². The lowest BCUT2D eigenvalue weighted by Gasteiger charge is -2.35. The van der Waals surface area contributed by atoms with Gasteiger partial charge in [-0.3, -0.25) is 9.88 Å². The SMILES string of the molecule is Cc1cc(Cl)ccc1-c1cnc(C#Cc2ccc(OCCN3CCC(C)(O)CC3)cc2)cn1. The normalized spacial score (nSPS) is 15.5. The third-order valence-electron chi connectivity index (χ3n) is 5.91. The molecule has 1 aliphatic rings. The standard InChI is InChI=1S/C27H28ClN3O2/c1-20-17-22(28)6-10-25(20)26-19-29-23(18-30-26)7-3-21-4-8-24(9-5-21)33-16-15-31-13-11-27(2,32)12-14-31/h4-6,8-10,17-19,32H,11-16H2,1-2H3. The van der Waals surface area contributed by atoms with Gasteiger partial charge in [0, 0.05) is 35.8 Å². The van der Waals surface area contributed by atoms with E-state index in [-0.39, 0.29) is 0 Å². The van der Waals surface area contributed by atoms with E-state index in [9.17, 15) is 5.11 Å². The molecule has 5 nitrogen and oxygen atoms in total. The summed E-state index contributed by atoms with van der Waals surface area (Å²) in [6.07, 6.45) is 5.05. The molecule has 2 heterocycles. The summed E-state index contributed by atoms with van der Waals surface area (Å²) >= 11 is 6.03. The summed E-state index contributed by atoms with van der Waals surface area (Å²) in [6, 6.07) is 13.5. The molecule has 2 aromatic carbocycles. The van der Waals surface area contributed by atoms with Crippen LogP contribution >= 0.6 is 11.6 Å². The maximum atomic E-state index is 10.0. The highest BCUT2D eigenvalue weighted by Crippen LogP contribution is 2.24. The summed E-state index contributed by atoms with van der Waals surface area (Å²) in [5.74, 6) is 7.01. The van der Waals surface area contributed by atoms with Crippen LogP contribution in [-0.4, -0.2) is 51.8 Å². The zero-order valence-corrected chi connectivity index (χ0v) is 19.8. The van der Waals surface area contributed by atoms with Gasteiger partial charge in [0.2, 0.25) is 0 Å². The number of rotatable bonds is 5. The van der Waals surface area contributed by atoms with E-state index in [4.69, 9.17) is 16.3 Å². The number of halogens is 1. The van der Waals surface area contributed by atoms with Gasteiger partial charge in [-0.05, 0) is 74.6 Å². The van der Waals surface area contributed by atoms with Crippen molar-refractivity contribution in [1.82, 2.24) is 14.9 Å². The molecule has 0 spiro atoms. The number of aliphatic hydroxyl groups is 1. The number of hydrogen-bond acceptors (Lipinski definition) is 5. The van der Waals surface area contributed by atoms with Crippen LogP contribution in [0.15, 0.2) is 54.9 Å². The Hall–Kier alpha value is -2.91. The smallest absolute Gasteiger partial charge is 0.131 e. The van der Waals surface area contributed by atoms with Gasteiger partial charge in [-0.2, -0.15) is 0 Å². The van der Waals surface area contributed by atoms with Crippen LogP contribution in [0.1, 0.15) is 36.6 Å². The number of aromatic nitrogens is 2. The number of hydrogen-bond donors (Lipinski definition) is 1. The monoisotopic (exact) mass is 461 g/mol. The molecule has 1 fully saturated rings. The molecular weight excluding hydrogens is 434 g/mol. The first-order valence-corrected chi connectivity index (χ1v) is 11.5. The van der Waals surface area contributed by atoms with E-state index in [1.165, 1.54) is 0 Å². The number of likely N-dealkylation sites (tertiary alicyclic amines) is 1. The van der Waals surface area contributed by atoms with Gasteiger partial charge in [-0.1, -0.05) is 23.6 Å². The third-order valence-corrected chi connectivity index (χ3v) is 6.15. The lowest BCUT2D eigenvalue weighted by molar-refractivity contribution is -0.00768. The van der Waals surface area contributed by atoms with Crippen LogP contribution in [0.5, 0.6) is 5.75 Å². The molecular formula is C27H28ClN3O2. The first kappa shape index (κ1) is 23.3.